The van der Waals surface area contributed by atoms with Gasteiger partial charge in [0.05, 0.1) is 6.54 Å². The Hall–Kier alpha value is -3.06. The normalized spacial score (nSPS) is 25.1. The maximum atomic E-state index is 13.6. The number of hydrogen-bond donors (Lipinski definition) is 1. The van der Waals surface area contributed by atoms with Gasteiger partial charge in [0.25, 0.3) is 5.91 Å². The zero-order valence-electron chi connectivity index (χ0n) is 20.4. The molecule has 2 aromatic carbocycles. The van der Waals surface area contributed by atoms with Crippen LogP contribution in [0.1, 0.15) is 38.2 Å². The van der Waals surface area contributed by atoms with Crippen LogP contribution in [-0.2, 0) is 11.2 Å². The number of piperidine rings is 1. The number of carbonyl (C=O) groups is 2. The van der Waals surface area contributed by atoms with Crippen LogP contribution in [0.15, 0.2) is 54.6 Å². The molecule has 7 heteroatoms. The van der Waals surface area contributed by atoms with E-state index in [4.69, 9.17) is 9.47 Å². The largest absolute Gasteiger partial charge is 0.486 e. The molecule has 7 nitrogen and oxygen atoms in total. The Kier molecular flexibility index (Phi) is 6.95. The highest BCUT2D eigenvalue weighted by atomic mass is 16.6. The molecule has 3 aliphatic rings. The van der Waals surface area contributed by atoms with Gasteiger partial charge in [-0.3, -0.25) is 9.69 Å². The third kappa shape index (κ3) is 4.87. The number of imide groups is 1. The average molecular weight is 478 g/mol. The first kappa shape index (κ1) is 23.7. The van der Waals surface area contributed by atoms with Crippen molar-refractivity contribution in [3.05, 3.63) is 60.2 Å². The molecule has 0 aliphatic carbocycles. The molecule has 2 aromatic rings. The van der Waals surface area contributed by atoms with E-state index in [2.05, 4.69) is 40.5 Å². The number of aryl methyl sites for hydroxylation is 1. The Morgan fingerprint density at radius 2 is 1.71 bits per heavy atom. The zero-order valence-corrected chi connectivity index (χ0v) is 20.4. The minimum Gasteiger partial charge on any atom is -0.486 e. The Bertz CT molecular complexity index is 1040. The van der Waals surface area contributed by atoms with Crippen molar-refractivity contribution in [2.24, 2.45) is 5.92 Å². The molecule has 0 aromatic heterocycles. The summed E-state index contributed by atoms with van der Waals surface area (Å²) < 4.78 is 11.8. The summed E-state index contributed by atoms with van der Waals surface area (Å²) in [4.78, 5) is 30.4. The van der Waals surface area contributed by atoms with Crippen molar-refractivity contribution in [1.29, 1.82) is 0 Å². The molecule has 0 spiro atoms. The number of urea groups is 1. The second kappa shape index (κ2) is 10.3. The third-order valence-corrected chi connectivity index (χ3v) is 7.78. The van der Waals surface area contributed by atoms with E-state index in [0.717, 1.165) is 45.3 Å². The molecule has 0 saturated carbocycles. The lowest BCUT2D eigenvalue weighted by molar-refractivity contribution is -0.135. The number of likely N-dealkylation sites (tertiary alicyclic amines) is 1. The zero-order chi connectivity index (χ0) is 24.3. The molecule has 2 saturated heterocycles. The van der Waals surface area contributed by atoms with E-state index < -0.39 is 5.54 Å². The van der Waals surface area contributed by atoms with Gasteiger partial charge in [-0.05, 0) is 75.4 Å². The van der Waals surface area contributed by atoms with Crippen LogP contribution in [0.5, 0.6) is 11.5 Å². The van der Waals surface area contributed by atoms with Crippen LogP contribution in [0.3, 0.4) is 0 Å². The van der Waals surface area contributed by atoms with E-state index in [0.29, 0.717) is 24.5 Å². The molecule has 3 heterocycles. The molecule has 35 heavy (non-hydrogen) atoms. The molecule has 3 aliphatic heterocycles. The molecule has 0 radical (unpaired) electrons. The molecular weight excluding hydrogens is 442 g/mol. The highest BCUT2D eigenvalue weighted by molar-refractivity contribution is 6.07. The summed E-state index contributed by atoms with van der Waals surface area (Å²) in [5, 5.41) is 3.10. The topological polar surface area (TPSA) is 71.1 Å². The van der Waals surface area contributed by atoms with Crippen LogP contribution in [0.2, 0.25) is 0 Å². The van der Waals surface area contributed by atoms with Crippen molar-refractivity contribution in [3.8, 4) is 11.5 Å². The predicted molar refractivity (Wildman–Crippen MR) is 134 cm³/mol. The van der Waals surface area contributed by atoms with E-state index in [1.54, 1.807) is 0 Å². The van der Waals surface area contributed by atoms with Gasteiger partial charge in [0.2, 0.25) is 0 Å². The van der Waals surface area contributed by atoms with Gasteiger partial charge in [-0.25, -0.2) is 4.79 Å². The number of benzene rings is 2. The lowest BCUT2D eigenvalue weighted by Crippen LogP contribution is -2.56. The number of amides is 3. The lowest BCUT2D eigenvalue weighted by Gasteiger charge is -2.40. The summed E-state index contributed by atoms with van der Waals surface area (Å²) in [5.41, 5.74) is 0.559. The quantitative estimate of drug-likeness (QED) is 0.585. The summed E-state index contributed by atoms with van der Waals surface area (Å²) in [6, 6.07) is 17.8. The van der Waals surface area contributed by atoms with E-state index in [1.165, 1.54) is 10.5 Å². The fourth-order valence-corrected chi connectivity index (χ4v) is 5.77. The van der Waals surface area contributed by atoms with Crippen LogP contribution < -0.4 is 14.8 Å². The van der Waals surface area contributed by atoms with Crippen molar-refractivity contribution in [1.82, 2.24) is 15.1 Å². The van der Waals surface area contributed by atoms with Crippen LogP contribution in [0, 0.1) is 5.92 Å². The van der Waals surface area contributed by atoms with E-state index in [9.17, 15) is 9.59 Å². The number of carbonyl (C=O) groups excluding carboxylic acids is 2. The van der Waals surface area contributed by atoms with Crippen LogP contribution in [0.4, 0.5) is 4.79 Å². The second-order valence-corrected chi connectivity index (χ2v) is 9.87. The fourth-order valence-electron chi connectivity index (χ4n) is 5.77. The summed E-state index contributed by atoms with van der Waals surface area (Å²) in [7, 11) is 0. The van der Waals surface area contributed by atoms with Crippen molar-refractivity contribution in [3.63, 3.8) is 0 Å². The summed E-state index contributed by atoms with van der Waals surface area (Å²) in [6.45, 7) is 5.49. The van der Waals surface area contributed by atoms with Crippen LogP contribution in [0.25, 0.3) is 0 Å². The Labute approximate surface area is 207 Å². The smallest absolute Gasteiger partial charge is 0.325 e. The van der Waals surface area contributed by atoms with Gasteiger partial charge in [0.15, 0.2) is 17.6 Å². The van der Waals surface area contributed by atoms with Crippen molar-refractivity contribution in [2.75, 3.05) is 32.8 Å². The maximum Gasteiger partial charge on any atom is 0.325 e. The minimum atomic E-state index is -0.819. The van der Waals surface area contributed by atoms with Crippen LogP contribution in [-0.4, -0.2) is 66.2 Å². The minimum absolute atomic E-state index is 0.116. The van der Waals surface area contributed by atoms with Crippen molar-refractivity contribution in [2.45, 2.75) is 50.7 Å². The van der Waals surface area contributed by atoms with Gasteiger partial charge >= 0.3 is 6.03 Å². The van der Waals surface area contributed by atoms with Gasteiger partial charge in [-0.15, -0.1) is 0 Å². The maximum absolute atomic E-state index is 13.6. The van der Waals surface area contributed by atoms with E-state index in [-0.39, 0.29) is 30.5 Å². The van der Waals surface area contributed by atoms with Gasteiger partial charge in [-0.2, -0.15) is 0 Å². The molecule has 2 fully saturated rings. The van der Waals surface area contributed by atoms with Crippen molar-refractivity contribution >= 4 is 11.9 Å². The van der Waals surface area contributed by atoms with Crippen LogP contribution >= 0.6 is 0 Å². The number of rotatable bonds is 8. The number of para-hydroxylation sites is 2. The van der Waals surface area contributed by atoms with Gasteiger partial charge in [0.1, 0.15) is 12.1 Å². The summed E-state index contributed by atoms with van der Waals surface area (Å²) in [5.74, 6) is 1.37. The molecule has 0 unspecified atom stereocenters. The molecule has 2 atom stereocenters. The van der Waals surface area contributed by atoms with E-state index >= 15 is 0 Å². The Morgan fingerprint density at radius 3 is 2.46 bits per heavy atom. The standard InChI is InChI=1S/C28H35N3O4/c1-2-28(22-14-17-30(18-15-22)16-8-11-21-9-4-3-5-10-21)26(32)31(27(33)29-28)19-23-20-34-24-12-6-7-13-25(24)35-23/h3-7,9-10,12-13,22-23H,2,8,11,14-20H2,1H3,(H,29,33)/t23-,28+/m0/s1. The summed E-state index contributed by atoms with van der Waals surface area (Å²) >= 11 is 0. The highest BCUT2D eigenvalue weighted by Gasteiger charge is 2.55. The third-order valence-electron chi connectivity index (χ3n) is 7.78. The molecule has 5 rings (SSSR count). The second-order valence-electron chi connectivity index (χ2n) is 9.87. The first-order valence-electron chi connectivity index (χ1n) is 12.9. The lowest BCUT2D eigenvalue weighted by atomic mass is 9.75. The van der Waals surface area contributed by atoms with Gasteiger partial charge < -0.3 is 19.7 Å². The van der Waals surface area contributed by atoms with Crippen molar-refractivity contribution < 1.29 is 19.1 Å². The average Bonchev–Trinajstić information content (AvgIpc) is 3.15. The molecular formula is C28H35N3O4. The molecule has 186 valence electrons. The summed E-state index contributed by atoms with van der Waals surface area (Å²) in [6.07, 6.45) is 4.26. The number of hydrogen-bond acceptors (Lipinski definition) is 5. The Balaban J connectivity index is 1.16. The molecule has 3 amide bonds. The highest BCUT2D eigenvalue weighted by Crippen LogP contribution is 2.37. The van der Waals surface area contributed by atoms with Gasteiger partial charge in [0, 0.05) is 0 Å². The monoisotopic (exact) mass is 477 g/mol. The Morgan fingerprint density at radius 1 is 1.00 bits per heavy atom. The molecule has 1 N–H and O–H groups in total. The fraction of sp³-hybridized carbons (Fsp3) is 0.500. The number of ether oxygens (including phenoxy) is 2. The first-order chi connectivity index (χ1) is 17.1. The number of nitrogens with one attached hydrogen (secondary N) is 1. The predicted octanol–water partition coefficient (Wildman–Crippen LogP) is 3.87. The number of nitrogens with zero attached hydrogens (tertiary/aromatic N) is 2. The van der Waals surface area contributed by atoms with E-state index in [1.807, 2.05) is 31.2 Å². The first-order valence-corrected chi connectivity index (χ1v) is 12.9. The number of fused-ring (bicyclic) bond motifs is 1. The van der Waals surface area contributed by atoms with Gasteiger partial charge in [-0.1, -0.05) is 49.4 Å². The SMILES string of the molecule is CC[C@]1(C2CCN(CCCc3ccccc3)CC2)NC(=O)N(C[C@H]2COc3ccccc3O2)C1=O. The molecule has 0 bridgehead atoms.